The van der Waals surface area contributed by atoms with Crippen molar-refractivity contribution < 1.29 is 13.2 Å². The number of amides is 1. The van der Waals surface area contributed by atoms with Gasteiger partial charge in [0.15, 0.2) is 0 Å². The Morgan fingerprint density at radius 2 is 1.86 bits per heavy atom. The first-order valence-corrected chi connectivity index (χ1v) is 10.6. The quantitative estimate of drug-likeness (QED) is 0.326. The van der Waals surface area contributed by atoms with Crippen molar-refractivity contribution >= 4 is 44.4 Å². The zero-order chi connectivity index (χ0) is 20.1. The first kappa shape index (κ1) is 19.6. The standard InChI is InChI=1S/C19H18N4O3S2/c1-13(14-6-4-7-15(20)12-14)21-22-19(24)16-8-2-3-9-17(16)23-28(25,26)18-10-5-11-27-18/h2-12,23H,20H2,1H3,(H,22,24)/b21-13+. The van der Waals surface area contributed by atoms with Gasteiger partial charge in [0.2, 0.25) is 0 Å². The Balaban J connectivity index is 1.80. The number of hydrogen-bond donors (Lipinski definition) is 3. The van der Waals surface area contributed by atoms with E-state index in [9.17, 15) is 13.2 Å². The lowest BCUT2D eigenvalue weighted by Crippen LogP contribution is -2.22. The number of nitrogens with one attached hydrogen (secondary N) is 2. The predicted octanol–water partition coefficient (Wildman–Crippen LogP) is 3.29. The SMILES string of the molecule is C/C(=N\NC(=O)c1ccccc1NS(=O)(=O)c1cccs1)c1cccc(N)c1. The van der Waals surface area contributed by atoms with Crippen LogP contribution in [0.4, 0.5) is 11.4 Å². The fourth-order valence-electron chi connectivity index (χ4n) is 2.40. The van der Waals surface area contributed by atoms with E-state index < -0.39 is 15.9 Å². The summed E-state index contributed by atoms with van der Waals surface area (Å²) in [5, 5.41) is 5.75. The summed E-state index contributed by atoms with van der Waals surface area (Å²) in [6.07, 6.45) is 0. The van der Waals surface area contributed by atoms with Crippen LogP contribution in [0.2, 0.25) is 0 Å². The summed E-state index contributed by atoms with van der Waals surface area (Å²) in [6.45, 7) is 1.74. The van der Waals surface area contributed by atoms with E-state index >= 15 is 0 Å². The minimum absolute atomic E-state index is 0.159. The molecule has 9 heteroatoms. The molecular weight excluding hydrogens is 396 g/mol. The second kappa shape index (κ2) is 8.24. The number of hydrogen-bond acceptors (Lipinski definition) is 6. The second-order valence-corrected chi connectivity index (χ2v) is 8.70. The predicted molar refractivity (Wildman–Crippen MR) is 112 cm³/mol. The smallest absolute Gasteiger partial charge is 0.273 e. The van der Waals surface area contributed by atoms with Crippen molar-refractivity contribution in [2.24, 2.45) is 5.10 Å². The molecule has 144 valence electrons. The van der Waals surface area contributed by atoms with Gasteiger partial charge in [0.25, 0.3) is 15.9 Å². The molecule has 1 amide bonds. The van der Waals surface area contributed by atoms with Gasteiger partial charge in [0.05, 0.1) is 17.0 Å². The van der Waals surface area contributed by atoms with Gasteiger partial charge in [0.1, 0.15) is 4.21 Å². The molecule has 1 heterocycles. The summed E-state index contributed by atoms with van der Waals surface area (Å²) < 4.78 is 27.5. The maximum atomic E-state index is 12.6. The van der Waals surface area contributed by atoms with Crippen LogP contribution in [-0.4, -0.2) is 20.0 Å². The molecule has 0 unspecified atom stereocenters. The molecule has 0 saturated carbocycles. The van der Waals surface area contributed by atoms with Crippen molar-refractivity contribution in [2.45, 2.75) is 11.1 Å². The summed E-state index contributed by atoms with van der Waals surface area (Å²) in [5.41, 5.74) is 10.5. The van der Waals surface area contributed by atoms with E-state index in [1.165, 1.54) is 18.2 Å². The van der Waals surface area contributed by atoms with Crippen LogP contribution in [0.5, 0.6) is 0 Å². The molecule has 0 radical (unpaired) electrons. The van der Waals surface area contributed by atoms with Gasteiger partial charge < -0.3 is 5.73 Å². The fourth-order valence-corrected chi connectivity index (χ4v) is 4.48. The molecular formula is C19H18N4O3S2. The van der Waals surface area contributed by atoms with Crippen molar-refractivity contribution in [3.8, 4) is 0 Å². The van der Waals surface area contributed by atoms with E-state index in [1.807, 2.05) is 6.07 Å². The van der Waals surface area contributed by atoms with Gasteiger partial charge in [-0.1, -0.05) is 30.3 Å². The van der Waals surface area contributed by atoms with Gasteiger partial charge in [-0.2, -0.15) is 5.10 Å². The third-order valence-electron chi connectivity index (χ3n) is 3.81. The third-order valence-corrected chi connectivity index (χ3v) is 6.57. The number of para-hydroxylation sites is 1. The Bertz CT molecular complexity index is 1120. The van der Waals surface area contributed by atoms with E-state index in [0.29, 0.717) is 11.4 Å². The van der Waals surface area contributed by atoms with Crippen LogP contribution >= 0.6 is 11.3 Å². The highest BCUT2D eigenvalue weighted by atomic mass is 32.2. The highest BCUT2D eigenvalue weighted by molar-refractivity contribution is 7.94. The Morgan fingerprint density at radius 3 is 2.57 bits per heavy atom. The monoisotopic (exact) mass is 414 g/mol. The number of carbonyl (C=O) groups excluding carboxylic acids is 1. The maximum Gasteiger partial charge on any atom is 0.273 e. The molecule has 7 nitrogen and oxygen atoms in total. The molecule has 1 aromatic heterocycles. The lowest BCUT2D eigenvalue weighted by atomic mass is 10.1. The minimum atomic E-state index is -3.77. The molecule has 0 spiro atoms. The Kier molecular flexibility index (Phi) is 5.76. The number of benzene rings is 2. The largest absolute Gasteiger partial charge is 0.399 e. The van der Waals surface area contributed by atoms with Gasteiger partial charge in [-0.05, 0) is 48.2 Å². The molecule has 0 bridgehead atoms. The molecule has 28 heavy (non-hydrogen) atoms. The van der Waals surface area contributed by atoms with Crippen molar-refractivity contribution in [3.05, 3.63) is 77.2 Å². The number of nitrogens with two attached hydrogens (primary N) is 1. The Morgan fingerprint density at radius 1 is 1.07 bits per heavy atom. The molecule has 0 aliphatic carbocycles. The molecule has 0 aliphatic heterocycles. The van der Waals surface area contributed by atoms with Crippen molar-refractivity contribution in [2.75, 3.05) is 10.5 Å². The first-order chi connectivity index (χ1) is 13.4. The maximum absolute atomic E-state index is 12.6. The van der Waals surface area contributed by atoms with E-state index in [1.54, 1.807) is 48.7 Å². The van der Waals surface area contributed by atoms with Crippen LogP contribution < -0.4 is 15.9 Å². The van der Waals surface area contributed by atoms with Crippen molar-refractivity contribution in [1.29, 1.82) is 0 Å². The summed E-state index contributed by atoms with van der Waals surface area (Å²) in [6, 6.07) is 16.6. The molecule has 2 aromatic carbocycles. The van der Waals surface area contributed by atoms with E-state index in [2.05, 4.69) is 15.2 Å². The van der Waals surface area contributed by atoms with Gasteiger partial charge >= 0.3 is 0 Å². The number of hydrazone groups is 1. The van der Waals surface area contributed by atoms with Gasteiger partial charge in [-0.3, -0.25) is 9.52 Å². The number of rotatable bonds is 6. The highest BCUT2D eigenvalue weighted by Gasteiger charge is 2.19. The van der Waals surface area contributed by atoms with Crippen molar-refractivity contribution in [1.82, 2.24) is 5.43 Å². The molecule has 3 aromatic rings. The number of sulfonamides is 1. The minimum Gasteiger partial charge on any atom is -0.399 e. The third kappa shape index (κ3) is 4.56. The molecule has 0 saturated heterocycles. The average molecular weight is 415 g/mol. The molecule has 0 aliphatic rings. The lowest BCUT2D eigenvalue weighted by molar-refractivity contribution is 0.0955. The lowest BCUT2D eigenvalue weighted by Gasteiger charge is -2.11. The molecule has 0 atom stereocenters. The van der Waals surface area contributed by atoms with Crippen LogP contribution in [-0.2, 0) is 10.0 Å². The first-order valence-electron chi connectivity index (χ1n) is 8.23. The summed E-state index contributed by atoms with van der Waals surface area (Å²) in [5.74, 6) is -0.535. The Labute approximate surface area is 167 Å². The summed E-state index contributed by atoms with van der Waals surface area (Å²) in [4.78, 5) is 12.6. The number of nitrogen functional groups attached to an aromatic ring is 1. The van der Waals surface area contributed by atoms with E-state index in [-0.39, 0.29) is 15.5 Å². The number of carbonyl (C=O) groups is 1. The number of anilines is 2. The summed E-state index contributed by atoms with van der Waals surface area (Å²) in [7, 11) is -3.77. The zero-order valence-electron chi connectivity index (χ0n) is 14.9. The Hall–Kier alpha value is -3.17. The molecule has 0 fully saturated rings. The highest BCUT2D eigenvalue weighted by Crippen LogP contribution is 2.22. The van der Waals surface area contributed by atoms with Gasteiger partial charge in [-0.15, -0.1) is 11.3 Å². The van der Waals surface area contributed by atoms with Crippen LogP contribution in [0.1, 0.15) is 22.8 Å². The second-order valence-electron chi connectivity index (χ2n) is 5.85. The zero-order valence-corrected chi connectivity index (χ0v) is 16.5. The number of nitrogens with zero attached hydrogens (tertiary/aromatic N) is 1. The van der Waals surface area contributed by atoms with Gasteiger partial charge in [-0.25, -0.2) is 13.8 Å². The van der Waals surface area contributed by atoms with Crippen LogP contribution in [0.25, 0.3) is 0 Å². The fraction of sp³-hybridized carbons (Fsp3) is 0.0526. The van der Waals surface area contributed by atoms with Crippen LogP contribution in [0.15, 0.2) is 75.4 Å². The van der Waals surface area contributed by atoms with Crippen molar-refractivity contribution in [3.63, 3.8) is 0 Å². The van der Waals surface area contributed by atoms with E-state index in [4.69, 9.17) is 5.73 Å². The van der Waals surface area contributed by atoms with Gasteiger partial charge in [0, 0.05) is 5.69 Å². The summed E-state index contributed by atoms with van der Waals surface area (Å²) >= 11 is 1.09. The molecule has 4 N–H and O–H groups in total. The van der Waals surface area contributed by atoms with Crippen LogP contribution in [0, 0.1) is 0 Å². The topological polar surface area (TPSA) is 114 Å². The van der Waals surface area contributed by atoms with E-state index in [0.717, 1.165) is 16.9 Å². The average Bonchev–Trinajstić information content (AvgIpc) is 3.22. The molecule has 3 rings (SSSR count). The van der Waals surface area contributed by atoms with Crippen LogP contribution in [0.3, 0.4) is 0 Å². The normalized spacial score (nSPS) is 11.8. The number of thiophene rings is 1.